The molecule has 18 heteroatoms. The molecule has 4 unspecified atom stereocenters. The van der Waals surface area contributed by atoms with Gasteiger partial charge in [0.05, 0.1) is 51.5 Å². The predicted molar refractivity (Wildman–Crippen MR) is 287 cm³/mol. The Morgan fingerprint density at radius 1 is 0.908 bits per heavy atom. The number of nitrogens with one attached hydrogen (secondary N) is 1. The van der Waals surface area contributed by atoms with E-state index in [0.29, 0.717) is 45.9 Å². The molecule has 5 aliphatic rings. The second-order valence-corrected chi connectivity index (χ2v) is 21.9. The van der Waals surface area contributed by atoms with Gasteiger partial charge in [0.2, 0.25) is 0 Å². The number of likely N-dealkylation sites (N-methyl/N-ethyl adjacent to an activating group) is 1. The summed E-state index contributed by atoms with van der Waals surface area (Å²) in [6.07, 6.45) is 15.6. The number of fused-ring (bicyclic) bond motifs is 3. The molecule has 0 spiro atoms. The van der Waals surface area contributed by atoms with Crippen molar-refractivity contribution in [3.05, 3.63) is 140 Å². The first-order chi connectivity index (χ1) is 36.6. The zero-order valence-electron chi connectivity index (χ0n) is 44.9. The molecule has 8 aromatic rings. The third-order valence-electron chi connectivity index (χ3n) is 16.0. The molecule has 1 saturated heterocycles. The fraction of sp³-hybridized carbons (Fsp3) is 0.483. The first-order valence-electron chi connectivity index (χ1n) is 27.1. The highest BCUT2D eigenvalue weighted by atomic mass is 19.1. The summed E-state index contributed by atoms with van der Waals surface area (Å²) >= 11 is 0. The number of rotatable bonds is 9. The molecule has 0 bridgehead atoms. The van der Waals surface area contributed by atoms with Gasteiger partial charge >= 0.3 is 11.4 Å². The van der Waals surface area contributed by atoms with E-state index in [4.69, 9.17) is 19.5 Å². The van der Waals surface area contributed by atoms with Crippen molar-refractivity contribution in [2.75, 3.05) is 26.8 Å². The van der Waals surface area contributed by atoms with Gasteiger partial charge in [0.1, 0.15) is 17.2 Å². The number of H-pyrrole nitrogens is 1. The van der Waals surface area contributed by atoms with E-state index in [1.165, 1.54) is 22.6 Å². The van der Waals surface area contributed by atoms with Crippen LogP contribution in [0.4, 0.5) is 8.78 Å². The Morgan fingerprint density at radius 3 is 2.28 bits per heavy atom. The minimum Gasteiger partial charge on any atom is -0.397 e. The van der Waals surface area contributed by atoms with Crippen molar-refractivity contribution in [3.8, 4) is 17.2 Å². The molecule has 5 aromatic heterocycles. The zero-order valence-corrected chi connectivity index (χ0v) is 44.9. The van der Waals surface area contributed by atoms with Crippen LogP contribution in [0.1, 0.15) is 169 Å². The average molecular weight is 1040 g/mol. The summed E-state index contributed by atoms with van der Waals surface area (Å²) in [6.45, 7) is 16.2. The highest BCUT2D eigenvalue weighted by Crippen LogP contribution is 2.56. The van der Waals surface area contributed by atoms with Crippen molar-refractivity contribution >= 4 is 28.1 Å². The van der Waals surface area contributed by atoms with Crippen LogP contribution in [0.3, 0.4) is 0 Å². The number of halogens is 2. The fourth-order valence-corrected chi connectivity index (χ4v) is 11.6. The highest BCUT2D eigenvalue weighted by molar-refractivity contribution is 5.90. The van der Waals surface area contributed by atoms with Gasteiger partial charge in [-0.15, -0.1) is 0 Å². The molecular formula is C58H70F2N10O6. The van der Waals surface area contributed by atoms with E-state index in [1.807, 2.05) is 27.4 Å². The van der Waals surface area contributed by atoms with Crippen LogP contribution in [-0.2, 0) is 16.7 Å². The van der Waals surface area contributed by atoms with E-state index in [9.17, 15) is 18.8 Å². The molecule has 7 heterocycles. The van der Waals surface area contributed by atoms with Crippen molar-refractivity contribution in [1.82, 2.24) is 48.3 Å². The van der Waals surface area contributed by atoms with Crippen LogP contribution in [0.2, 0.25) is 0 Å². The Kier molecular flexibility index (Phi) is 14.5. The van der Waals surface area contributed by atoms with Crippen molar-refractivity contribution in [3.63, 3.8) is 0 Å². The SMILES string of the molecule is CC1CC1(c1noc(=O)[nH]1)n1c(C=O)cc2cc(C3CCOC(C)(C)C3)ccc21.CC1c2c(nn(-c3ccc(F)c(C4CC4)c3)c2-n2ccn(-c3ccc4c(cnn4C4CCC4)c3F)c2=O)CCN1C.CCC.CCO. The van der Waals surface area contributed by atoms with E-state index >= 15 is 4.39 Å². The molecule has 0 amide bonds. The number of imidazole rings is 1. The van der Waals surface area contributed by atoms with Gasteiger partial charge in [-0.25, -0.2) is 23.1 Å². The first-order valence-corrected chi connectivity index (χ1v) is 27.1. The smallest absolute Gasteiger partial charge is 0.397 e. The third kappa shape index (κ3) is 9.50. The summed E-state index contributed by atoms with van der Waals surface area (Å²) in [4.78, 5) is 42.5. The standard InChI is InChI=1S/C31H31F2N7O.C22H25N3O4.C3H8.C2H6O/c1-18-28-25(12-13-36(18)2)35-40(21-8-9-24(32)22(16-21)19-6-7-19)30(28)38-15-14-37(31(38)41)27-11-10-26-23(29(27)33)17-34-39(26)20-4-3-5-20;1-13-10-22(13,19-23-20(27)29-24-19)25-17(12-26)9-16-8-14(4-5-18(16)25)15-6-7-28-21(2,3)11-15;1-3-2;1-2-3/h8-11,14-20H,3-7,12-13H2,1-2H3;4-5,8-9,12-13,15H,6-7,10-11H2,1-3H3,(H,23,24,27);3H2,1-2H3;3H,2H2,1H3. The summed E-state index contributed by atoms with van der Waals surface area (Å²) in [5, 5.41) is 22.4. The van der Waals surface area contributed by atoms with E-state index < -0.39 is 22.8 Å². The second-order valence-electron chi connectivity index (χ2n) is 21.9. The fourth-order valence-electron chi connectivity index (χ4n) is 11.6. The van der Waals surface area contributed by atoms with Gasteiger partial charge in [0, 0.05) is 61.1 Å². The third-order valence-corrected chi connectivity index (χ3v) is 16.0. The van der Waals surface area contributed by atoms with Gasteiger partial charge in [0.15, 0.2) is 17.9 Å². The summed E-state index contributed by atoms with van der Waals surface area (Å²) in [7, 11) is 2.06. The monoisotopic (exact) mass is 1040 g/mol. The van der Waals surface area contributed by atoms with Gasteiger partial charge in [0.25, 0.3) is 0 Å². The molecule has 2 aliphatic heterocycles. The Balaban J connectivity index is 0.000000164. The number of aldehydes is 1. The zero-order chi connectivity index (χ0) is 53.8. The molecule has 2 N–H and O–H groups in total. The van der Waals surface area contributed by atoms with Crippen LogP contribution in [0.5, 0.6) is 0 Å². The summed E-state index contributed by atoms with van der Waals surface area (Å²) in [6, 6.07) is 17.3. The van der Waals surface area contributed by atoms with Crippen LogP contribution in [-0.4, -0.2) is 92.1 Å². The predicted octanol–water partition coefficient (Wildman–Crippen LogP) is 10.6. The van der Waals surface area contributed by atoms with E-state index in [-0.39, 0.29) is 41.6 Å². The number of aliphatic hydroxyl groups is 1. The molecule has 13 rings (SSSR count). The van der Waals surface area contributed by atoms with Gasteiger partial charge in [-0.05, 0) is 164 Å². The molecule has 76 heavy (non-hydrogen) atoms. The summed E-state index contributed by atoms with van der Waals surface area (Å²) in [5.74, 6) is 0.722. The van der Waals surface area contributed by atoms with E-state index in [0.717, 1.165) is 105 Å². The number of aromatic nitrogens is 9. The van der Waals surface area contributed by atoms with Crippen molar-refractivity contribution in [2.45, 2.75) is 148 Å². The lowest BCUT2D eigenvalue weighted by atomic mass is 9.83. The van der Waals surface area contributed by atoms with Gasteiger partial charge < -0.3 is 14.4 Å². The number of benzene rings is 3. The lowest BCUT2D eigenvalue weighted by molar-refractivity contribution is -0.0592. The molecule has 0 radical (unpaired) electrons. The number of aromatic amines is 1. The number of carbonyl (C=O) groups is 1. The summed E-state index contributed by atoms with van der Waals surface area (Å²) in [5.41, 5.74) is 5.95. The van der Waals surface area contributed by atoms with Crippen LogP contribution in [0.25, 0.3) is 39.0 Å². The number of nitrogens with zero attached hydrogens (tertiary/aromatic N) is 9. The quantitative estimate of drug-likeness (QED) is 0.132. The Morgan fingerprint density at radius 2 is 1.63 bits per heavy atom. The largest absolute Gasteiger partial charge is 0.438 e. The normalized spacial score (nSPS) is 21.9. The molecule has 402 valence electrons. The highest BCUT2D eigenvalue weighted by Gasteiger charge is 2.58. The number of aliphatic hydroxyl groups excluding tert-OH is 1. The van der Waals surface area contributed by atoms with Crippen molar-refractivity contribution in [2.24, 2.45) is 5.92 Å². The number of ether oxygens (including phenoxy) is 1. The number of carbonyl (C=O) groups excluding carboxylic acids is 1. The van der Waals surface area contributed by atoms with Gasteiger partial charge in [-0.1, -0.05) is 38.4 Å². The Labute approximate surface area is 440 Å². The van der Waals surface area contributed by atoms with Crippen LogP contribution >= 0.6 is 0 Å². The Bertz CT molecular complexity index is 3530. The lowest BCUT2D eigenvalue weighted by Crippen LogP contribution is -2.32. The second kappa shape index (κ2) is 21.0. The molecule has 16 nitrogen and oxygen atoms in total. The lowest BCUT2D eigenvalue weighted by Gasteiger charge is -2.35. The Hall–Kier alpha value is -6.76. The maximum Gasteiger partial charge on any atom is 0.438 e. The average Bonchev–Trinajstić information content (AvgIpc) is 4.03. The van der Waals surface area contributed by atoms with Gasteiger partial charge in [-0.3, -0.25) is 33.0 Å². The minimum atomic E-state index is -0.577. The maximum atomic E-state index is 15.9. The molecule has 4 atom stereocenters. The van der Waals surface area contributed by atoms with Crippen molar-refractivity contribution < 1.29 is 27.9 Å². The molecule has 3 aromatic carbocycles. The van der Waals surface area contributed by atoms with Crippen LogP contribution < -0.4 is 11.4 Å². The molecule has 3 saturated carbocycles. The van der Waals surface area contributed by atoms with Crippen molar-refractivity contribution in [1.29, 1.82) is 0 Å². The topological polar surface area (TPSA) is 176 Å². The molecular weight excluding hydrogens is 971 g/mol. The maximum absolute atomic E-state index is 15.9. The number of hydrogen-bond donors (Lipinski definition) is 2. The minimum absolute atomic E-state index is 0.00605. The molecule has 4 fully saturated rings. The van der Waals surface area contributed by atoms with E-state index in [2.05, 4.69) is 86.9 Å². The van der Waals surface area contributed by atoms with Crippen LogP contribution in [0.15, 0.2) is 87.3 Å². The molecule has 3 aliphatic carbocycles. The summed E-state index contributed by atoms with van der Waals surface area (Å²) < 4.78 is 49.8. The van der Waals surface area contributed by atoms with Gasteiger partial charge in [-0.2, -0.15) is 10.2 Å². The first kappa shape index (κ1) is 52.7. The van der Waals surface area contributed by atoms with Crippen LogP contribution in [0, 0.1) is 17.6 Å². The van der Waals surface area contributed by atoms with E-state index in [1.54, 1.807) is 46.9 Å². The number of hydrogen-bond acceptors (Lipinski definition) is 10.